The van der Waals surface area contributed by atoms with Gasteiger partial charge in [-0.3, -0.25) is 4.72 Å². The first-order valence-electron chi connectivity index (χ1n) is 8.13. The molecule has 0 heterocycles. The lowest BCUT2D eigenvalue weighted by molar-refractivity contribution is 0.571. The molecule has 0 aliphatic heterocycles. The van der Waals surface area contributed by atoms with E-state index >= 15 is 0 Å². The van der Waals surface area contributed by atoms with Crippen molar-refractivity contribution in [2.75, 3.05) is 4.72 Å². The number of hydrogen-bond donors (Lipinski definition) is 2. The lowest BCUT2D eigenvalue weighted by atomic mass is 9.97. The van der Waals surface area contributed by atoms with Crippen molar-refractivity contribution >= 4 is 32.5 Å². The molecule has 27 heavy (non-hydrogen) atoms. The molecule has 0 aliphatic carbocycles. The molecule has 0 aromatic heterocycles. The topological polar surface area (TPSA) is 80.3 Å². The number of thiol groups is 1. The second kappa shape index (κ2) is 8.42. The van der Waals surface area contributed by atoms with E-state index in [0.717, 1.165) is 11.0 Å². The van der Waals surface area contributed by atoms with Crippen molar-refractivity contribution in [1.29, 1.82) is 0 Å². The highest BCUT2D eigenvalue weighted by Gasteiger charge is 2.10. The summed E-state index contributed by atoms with van der Waals surface area (Å²) in [5, 5.41) is 0.998. The van der Waals surface area contributed by atoms with E-state index in [2.05, 4.69) is 16.6 Å². The van der Waals surface area contributed by atoms with Crippen LogP contribution in [0.3, 0.4) is 0 Å². The third-order valence-electron chi connectivity index (χ3n) is 3.29. The van der Waals surface area contributed by atoms with E-state index < -0.39 is 20.7 Å². The van der Waals surface area contributed by atoms with Crippen LogP contribution in [0, 0.1) is 17.3 Å². The SMILES string of the molecule is CC(C)(C)C#Cc1ccc(/C=C/S(=O)(=O)Nc2ccccc2[SH](=O)=O)cc1. The summed E-state index contributed by atoms with van der Waals surface area (Å²) in [6, 6.07) is 13.0. The quantitative estimate of drug-likeness (QED) is 0.592. The molecule has 2 rings (SSSR count). The van der Waals surface area contributed by atoms with Crippen LogP contribution in [0.5, 0.6) is 0 Å². The Kier molecular flexibility index (Phi) is 6.47. The van der Waals surface area contributed by atoms with Gasteiger partial charge in [0.2, 0.25) is 0 Å². The molecule has 0 spiro atoms. The van der Waals surface area contributed by atoms with Gasteiger partial charge in [-0.2, -0.15) is 0 Å². The highest BCUT2D eigenvalue weighted by molar-refractivity contribution is 7.95. The highest BCUT2D eigenvalue weighted by atomic mass is 32.2. The minimum Gasteiger partial charge on any atom is -0.279 e. The minimum absolute atomic E-state index is 0.0195. The van der Waals surface area contributed by atoms with Crippen LogP contribution in [0.25, 0.3) is 6.08 Å². The standard InChI is InChI=1S/C20H21NO4S2/c1-20(2,3)14-12-16-8-10-17(11-9-16)13-15-27(24,25)21-18-6-4-5-7-19(18)26(22)23/h4-11,13,15,21,26H,1-3H3/b15-13+. The molecule has 0 saturated carbocycles. The van der Waals surface area contributed by atoms with Gasteiger partial charge in [0, 0.05) is 11.0 Å². The van der Waals surface area contributed by atoms with Gasteiger partial charge in [-0.15, -0.1) is 0 Å². The number of para-hydroxylation sites is 1. The van der Waals surface area contributed by atoms with Gasteiger partial charge in [-0.25, -0.2) is 16.8 Å². The number of benzene rings is 2. The number of anilines is 1. The molecule has 2 aromatic rings. The van der Waals surface area contributed by atoms with Crippen LogP contribution in [0.2, 0.25) is 0 Å². The van der Waals surface area contributed by atoms with E-state index in [-0.39, 0.29) is 16.0 Å². The summed E-state index contributed by atoms with van der Waals surface area (Å²) in [5.41, 5.74) is 1.45. The maximum atomic E-state index is 12.2. The monoisotopic (exact) mass is 403 g/mol. The Morgan fingerprint density at radius 2 is 1.63 bits per heavy atom. The average Bonchev–Trinajstić information content (AvgIpc) is 2.58. The fourth-order valence-corrected chi connectivity index (χ4v) is 3.51. The molecule has 0 atom stereocenters. The Morgan fingerprint density at radius 3 is 2.22 bits per heavy atom. The zero-order chi connectivity index (χ0) is 20.1. The Morgan fingerprint density at radius 1 is 1.00 bits per heavy atom. The maximum absolute atomic E-state index is 12.2. The number of hydrogen-bond acceptors (Lipinski definition) is 4. The molecule has 142 valence electrons. The van der Waals surface area contributed by atoms with Crippen molar-refractivity contribution in [2.45, 2.75) is 25.7 Å². The fourth-order valence-electron chi connectivity index (χ4n) is 2.01. The summed E-state index contributed by atoms with van der Waals surface area (Å²) < 4.78 is 49.1. The van der Waals surface area contributed by atoms with Crippen molar-refractivity contribution in [3.8, 4) is 11.8 Å². The van der Waals surface area contributed by atoms with E-state index in [9.17, 15) is 16.8 Å². The predicted octanol–water partition coefficient (Wildman–Crippen LogP) is 3.47. The second-order valence-corrected chi connectivity index (χ2v) is 9.41. The summed E-state index contributed by atoms with van der Waals surface area (Å²) >= 11 is 0. The van der Waals surface area contributed by atoms with Crippen molar-refractivity contribution in [1.82, 2.24) is 0 Å². The van der Waals surface area contributed by atoms with Gasteiger partial charge >= 0.3 is 0 Å². The summed E-state index contributed by atoms with van der Waals surface area (Å²) in [6.07, 6.45) is 1.43. The Labute approximate surface area is 162 Å². The molecule has 0 fully saturated rings. The van der Waals surface area contributed by atoms with E-state index in [1.807, 2.05) is 32.9 Å². The summed E-state index contributed by atoms with van der Waals surface area (Å²) in [4.78, 5) is -0.0775. The molecule has 7 heteroatoms. The third-order valence-corrected chi connectivity index (χ3v) is 5.07. The van der Waals surface area contributed by atoms with Crippen molar-refractivity contribution in [3.63, 3.8) is 0 Å². The molecule has 0 unspecified atom stereocenters. The fraction of sp³-hybridized carbons (Fsp3) is 0.200. The van der Waals surface area contributed by atoms with Gasteiger partial charge in [0.05, 0.1) is 16.0 Å². The smallest absolute Gasteiger partial charge is 0.255 e. The normalized spacial score (nSPS) is 12.0. The highest BCUT2D eigenvalue weighted by Crippen LogP contribution is 2.18. The van der Waals surface area contributed by atoms with E-state index in [1.54, 1.807) is 18.2 Å². The molecular weight excluding hydrogens is 382 g/mol. The molecule has 0 amide bonds. The molecular formula is C20H21NO4S2. The minimum atomic E-state index is -3.85. The third kappa shape index (κ3) is 6.93. The molecule has 0 aliphatic rings. The molecule has 5 nitrogen and oxygen atoms in total. The summed E-state index contributed by atoms with van der Waals surface area (Å²) in [7, 11) is -6.76. The molecule has 0 radical (unpaired) electrons. The van der Waals surface area contributed by atoms with Gasteiger partial charge < -0.3 is 0 Å². The van der Waals surface area contributed by atoms with Gasteiger partial charge in [0.15, 0.2) is 10.7 Å². The largest absolute Gasteiger partial charge is 0.279 e. The van der Waals surface area contributed by atoms with Crippen LogP contribution >= 0.6 is 0 Å². The molecule has 1 N–H and O–H groups in total. The van der Waals surface area contributed by atoms with E-state index in [1.165, 1.54) is 24.3 Å². The van der Waals surface area contributed by atoms with Crippen LogP contribution in [0.1, 0.15) is 31.9 Å². The zero-order valence-electron chi connectivity index (χ0n) is 15.3. The van der Waals surface area contributed by atoms with Crippen molar-refractivity contribution in [3.05, 3.63) is 65.1 Å². The Bertz CT molecular complexity index is 1070. The van der Waals surface area contributed by atoms with Crippen LogP contribution in [0.4, 0.5) is 5.69 Å². The van der Waals surface area contributed by atoms with Crippen molar-refractivity contribution < 1.29 is 16.8 Å². The van der Waals surface area contributed by atoms with Crippen LogP contribution in [0.15, 0.2) is 58.8 Å². The van der Waals surface area contributed by atoms with Gasteiger partial charge in [-0.1, -0.05) is 36.1 Å². The molecule has 0 bridgehead atoms. The number of sulfonamides is 1. The zero-order valence-corrected chi connectivity index (χ0v) is 17.0. The van der Waals surface area contributed by atoms with E-state index in [0.29, 0.717) is 5.56 Å². The first-order valence-corrected chi connectivity index (χ1v) is 10.9. The Hall–Kier alpha value is -2.56. The van der Waals surface area contributed by atoms with Crippen LogP contribution in [-0.4, -0.2) is 16.8 Å². The first-order chi connectivity index (χ1) is 12.6. The average molecular weight is 404 g/mol. The number of nitrogens with one attached hydrogen (secondary N) is 1. The molecule has 0 saturated heterocycles. The number of rotatable bonds is 5. The van der Waals surface area contributed by atoms with Crippen LogP contribution in [-0.2, 0) is 20.7 Å². The summed E-state index contributed by atoms with van der Waals surface area (Å²) in [5.74, 6) is 6.20. The van der Waals surface area contributed by atoms with Gasteiger partial charge in [-0.05, 0) is 56.7 Å². The van der Waals surface area contributed by atoms with E-state index in [4.69, 9.17) is 0 Å². The van der Waals surface area contributed by atoms with Gasteiger partial charge in [0.25, 0.3) is 10.0 Å². The second-order valence-electron chi connectivity index (χ2n) is 6.85. The van der Waals surface area contributed by atoms with Crippen LogP contribution < -0.4 is 4.72 Å². The Balaban J connectivity index is 2.16. The van der Waals surface area contributed by atoms with Gasteiger partial charge in [0.1, 0.15) is 0 Å². The predicted molar refractivity (Wildman–Crippen MR) is 109 cm³/mol. The lowest BCUT2D eigenvalue weighted by Gasteiger charge is -2.07. The van der Waals surface area contributed by atoms with Crippen molar-refractivity contribution in [2.24, 2.45) is 5.41 Å². The molecule has 2 aromatic carbocycles. The summed E-state index contributed by atoms with van der Waals surface area (Å²) in [6.45, 7) is 6.07. The maximum Gasteiger partial charge on any atom is 0.255 e. The first kappa shape index (κ1) is 20.7. The lowest BCUT2D eigenvalue weighted by Crippen LogP contribution is -2.10.